The minimum absolute atomic E-state index is 0.172. The SMILES string of the molecule is COc1cccc(OC)c1C(=O)NCC(C)(O)CC(C)C. The fourth-order valence-corrected chi connectivity index (χ4v) is 2.39. The summed E-state index contributed by atoms with van der Waals surface area (Å²) in [6.07, 6.45) is 0.607. The number of hydrogen-bond donors (Lipinski definition) is 2. The largest absolute Gasteiger partial charge is 0.496 e. The third kappa shape index (κ3) is 4.93. The van der Waals surface area contributed by atoms with Crippen molar-refractivity contribution in [3.63, 3.8) is 0 Å². The first-order valence-electron chi connectivity index (χ1n) is 7.02. The molecule has 0 radical (unpaired) electrons. The standard InChI is InChI=1S/C16H25NO4/c1-11(2)9-16(3,19)10-17-15(18)14-12(20-4)7-6-8-13(14)21-5/h6-8,11,19H,9-10H2,1-5H3,(H,17,18). The van der Waals surface area contributed by atoms with Crippen LogP contribution in [0.25, 0.3) is 0 Å². The first kappa shape index (κ1) is 17.3. The van der Waals surface area contributed by atoms with E-state index >= 15 is 0 Å². The first-order chi connectivity index (χ1) is 9.80. The van der Waals surface area contributed by atoms with Gasteiger partial charge in [0.2, 0.25) is 0 Å². The van der Waals surface area contributed by atoms with Gasteiger partial charge in [0, 0.05) is 6.54 Å². The van der Waals surface area contributed by atoms with Gasteiger partial charge in [0.25, 0.3) is 5.91 Å². The zero-order valence-corrected chi connectivity index (χ0v) is 13.4. The molecule has 1 amide bonds. The Morgan fingerprint density at radius 1 is 1.29 bits per heavy atom. The summed E-state index contributed by atoms with van der Waals surface area (Å²) in [5.74, 6) is 0.900. The first-order valence-corrected chi connectivity index (χ1v) is 7.02. The van der Waals surface area contributed by atoms with Gasteiger partial charge in [-0.25, -0.2) is 0 Å². The third-order valence-electron chi connectivity index (χ3n) is 3.13. The number of hydrogen-bond acceptors (Lipinski definition) is 4. The van der Waals surface area contributed by atoms with Crippen molar-refractivity contribution in [1.82, 2.24) is 5.32 Å². The van der Waals surface area contributed by atoms with Crippen LogP contribution >= 0.6 is 0 Å². The summed E-state index contributed by atoms with van der Waals surface area (Å²) in [5.41, 5.74) is -0.609. The predicted molar refractivity (Wildman–Crippen MR) is 82.0 cm³/mol. The van der Waals surface area contributed by atoms with Crippen molar-refractivity contribution < 1.29 is 19.4 Å². The number of nitrogens with one attached hydrogen (secondary N) is 1. The van der Waals surface area contributed by atoms with Crippen LogP contribution < -0.4 is 14.8 Å². The van der Waals surface area contributed by atoms with E-state index in [2.05, 4.69) is 5.32 Å². The minimum atomic E-state index is -0.945. The molecule has 1 atom stereocenters. The summed E-state index contributed by atoms with van der Waals surface area (Å²) in [6, 6.07) is 5.15. The number of carbonyl (C=O) groups is 1. The number of aliphatic hydroxyl groups is 1. The highest BCUT2D eigenvalue weighted by atomic mass is 16.5. The zero-order valence-electron chi connectivity index (χ0n) is 13.4. The topological polar surface area (TPSA) is 67.8 Å². The van der Waals surface area contributed by atoms with Crippen molar-refractivity contribution in [3.8, 4) is 11.5 Å². The summed E-state index contributed by atoms with van der Waals surface area (Å²) >= 11 is 0. The van der Waals surface area contributed by atoms with E-state index in [9.17, 15) is 9.90 Å². The molecule has 1 aromatic carbocycles. The molecule has 21 heavy (non-hydrogen) atoms. The van der Waals surface area contributed by atoms with Gasteiger partial charge in [-0.3, -0.25) is 4.79 Å². The molecule has 118 valence electrons. The van der Waals surface area contributed by atoms with Gasteiger partial charge in [-0.05, 0) is 31.4 Å². The molecule has 2 N–H and O–H groups in total. The summed E-state index contributed by atoms with van der Waals surface area (Å²) < 4.78 is 10.4. The van der Waals surface area contributed by atoms with Gasteiger partial charge >= 0.3 is 0 Å². The highest BCUT2D eigenvalue weighted by Crippen LogP contribution is 2.28. The van der Waals surface area contributed by atoms with E-state index in [0.717, 1.165) is 0 Å². The summed E-state index contributed by atoms with van der Waals surface area (Å²) in [7, 11) is 3.00. The van der Waals surface area contributed by atoms with Crippen LogP contribution in [0.3, 0.4) is 0 Å². The Labute approximate surface area is 126 Å². The second-order valence-electron chi connectivity index (χ2n) is 5.82. The van der Waals surface area contributed by atoms with Gasteiger partial charge in [-0.2, -0.15) is 0 Å². The van der Waals surface area contributed by atoms with Gasteiger partial charge in [-0.15, -0.1) is 0 Å². The molecular formula is C16H25NO4. The number of ether oxygens (including phenoxy) is 2. The third-order valence-corrected chi connectivity index (χ3v) is 3.13. The molecule has 0 aliphatic carbocycles. The normalized spacial score (nSPS) is 13.7. The summed E-state index contributed by atoms with van der Waals surface area (Å²) in [5, 5.41) is 13.0. The predicted octanol–water partition coefficient (Wildman–Crippen LogP) is 2.23. The van der Waals surface area contributed by atoms with Crippen molar-refractivity contribution >= 4 is 5.91 Å². The second-order valence-corrected chi connectivity index (χ2v) is 5.82. The molecular weight excluding hydrogens is 270 g/mol. The monoisotopic (exact) mass is 295 g/mol. The Kier molecular flexibility index (Phi) is 6.03. The molecule has 1 rings (SSSR count). The van der Waals surface area contributed by atoms with Crippen LogP contribution in [0.1, 0.15) is 37.6 Å². The van der Waals surface area contributed by atoms with Crippen LogP contribution in [0.4, 0.5) is 0 Å². The number of methoxy groups -OCH3 is 2. The molecule has 0 bridgehead atoms. The quantitative estimate of drug-likeness (QED) is 0.809. The Bertz CT molecular complexity index is 461. The highest BCUT2D eigenvalue weighted by molar-refractivity contribution is 5.99. The van der Waals surface area contributed by atoms with E-state index in [1.165, 1.54) is 14.2 Å². The number of rotatable bonds is 7. The van der Waals surface area contributed by atoms with Crippen molar-refractivity contribution in [2.45, 2.75) is 32.8 Å². The average molecular weight is 295 g/mol. The molecule has 0 saturated carbocycles. The maximum absolute atomic E-state index is 12.4. The van der Waals surface area contributed by atoms with Gasteiger partial charge in [0.05, 0.1) is 19.8 Å². The van der Waals surface area contributed by atoms with Crippen LogP contribution in [0.15, 0.2) is 18.2 Å². The van der Waals surface area contributed by atoms with Crippen molar-refractivity contribution in [3.05, 3.63) is 23.8 Å². The molecule has 1 unspecified atom stereocenters. The van der Waals surface area contributed by atoms with Gasteiger partial charge in [0.1, 0.15) is 17.1 Å². The molecule has 0 saturated heterocycles. The lowest BCUT2D eigenvalue weighted by atomic mass is 9.94. The van der Waals surface area contributed by atoms with Crippen molar-refractivity contribution in [2.24, 2.45) is 5.92 Å². The molecule has 5 heteroatoms. The van der Waals surface area contributed by atoms with Crippen LogP contribution in [-0.2, 0) is 0 Å². The smallest absolute Gasteiger partial charge is 0.258 e. The molecule has 0 spiro atoms. The van der Waals surface area contributed by atoms with Crippen LogP contribution in [0.2, 0.25) is 0 Å². The van der Waals surface area contributed by atoms with Crippen LogP contribution in [0.5, 0.6) is 11.5 Å². The van der Waals surface area contributed by atoms with Gasteiger partial charge < -0.3 is 19.9 Å². The number of amides is 1. The van der Waals surface area contributed by atoms with E-state index in [-0.39, 0.29) is 12.5 Å². The fraction of sp³-hybridized carbons (Fsp3) is 0.562. The lowest BCUT2D eigenvalue weighted by Gasteiger charge is -2.26. The summed E-state index contributed by atoms with van der Waals surface area (Å²) in [4.78, 5) is 12.4. The van der Waals surface area contributed by atoms with Gasteiger partial charge in [0.15, 0.2) is 0 Å². The van der Waals surface area contributed by atoms with Crippen LogP contribution in [-0.4, -0.2) is 37.4 Å². The van der Waals surface area contributed by atoms with Crippen LogP contribution in [0, 0.1) is 5.92 Å². The Balaban J connectivity index is 2.85. The van der Waals surface area contributed by atoms with E-state index in [1.54, 1.807) is 25.1 Å². The minimum Gasteiger partial charge on any atom is -0.496 e. The van der Waals surface area contributed by atoms with E-state index < -0.39 is 5.60 Å². The van der Waals surface area contributed by atoms with E-state index in [1.807, 2.05) is 13.8 Å². The zero-order chi connectivity index (χ0) is 16.0. The molecule has 0 aromatic heterocycles. The highest BCUT2D eigenvalue weighted by Gasteiger charge is 2.25. The fourth-order valence-electron chi connectivity index (χ4n) is 2.39. The second kappa shape index (κ2) is 7.31. The Morgan fingerprint density at radius 3 is 2.24 bits per heavy atom. The molecule has 0 fully saturated rings. The lowest BCUT2D eigenvalue weighted by Crippen LogP contribution is -2.41. The van der Waals surface area contributed by atoms with Gasteiger partial charge in [-0.1, -0.05) is 19.9 Å². The van der Waals surface area contributed by atoms with E-state index in [4.69, 9.17) is 9.47 Å². The molecule has 5 nitrogen and oxygen atoms in total. The Morgan fingerprint density at radius 2 is 1.81 bits per heavy atom. The molecule has 0 heterocycles. The number of carbonyl (C=O) groups excluding carboxylic acids is 1. The Hall–Kier alpha value is -1.75. The lowest BCUT2D eigenvalue weighted by molar-refractivity contribution is 0.0367. The maximum Gasteiger partial charge on any atom is 0.258 e. The molecule has 0 aliphatic heterocycles. The maximum atomic E-state index is 12.4. The molecule has 0 aliphatic rings. The van der Waals surface area contributed by atoms with Crippen molar-refractivity contribution in [2.75, 3.05) is 20.8 Å². The van der Waals surface area contributed by atoms with E-state index in [0.29, 0.717) is 29.4 Å². The average Bonchev–Trinajstić information content (AvgIpc) is 2.42. The number of benzene rings is 1. The summed E-state index contributed by atoms with van der Waals surface area (Å²) in [6.45, 7) is 5.94. The van der Waals surface area contributed by atoms with Crippen molar-refractivity contribution in [1.29, 1.82) is 0 Å². The molecule has 1 aromatic rings.